The van der Waals surface area contributed by atoms with Crippen molar-refractivity contribution in [3.05, 3.63) is 23.8 Å². The van der Waals surface area contributed by atoms with E-state index in [1.807, 2.05) is 0 Å². The molecule has 4 aliphatic carbocycles. The molecule has 0 amide bonds. The molecule has 8 atom stereocenters. The number of ketones is 2. The highest BCUT2D eigenvalue weighted by Crippen LogP contribution is 2.70. The van der Waals surface area contributed by atoms with Crippen LogP contribution in [-0.2, 0) is 28.7 Å². The van der Waals surface area contributed by atoms with Gasteiger partial charge in [0.1, 0.15) is 6.17 Å². The Morgan fingerprint density at radius 1 is 1.22 bits per heavy atom. The van der Waals surface area contributed by atoms with Crippen molar-refractivity contribution in [2.45, 2.75) is 89.8 Å². The normalized spacial score (nSPS) is 43.1. The molecule has 0 radical (unpaired) electrons. The lowest BCUT2D eigenvalue weighted by atomic mass is 9.44. The van der Waals surface area contributed by atoms with E-state index >= 15 is 8.78 Å². The van der Waals surface area contributed by atoms with Crippen molar-refractivity contribution in [1.29, 1.82) is 0 Å². The maximum Gasteiger partial charge on any atom is 0.306 e. The predicted octanol–water partition coefficient (Wildman–Crippen LogP) is 3.52. The SMILES string of the molecule is CCCC(=O)O[C@]1(C(=O)COC(C)=O)CC[C@H]2[C@@H]3CC(F)C4=CC(=O)C=C[C@]4(C)[C@@]3(F)C(O)C[C@@]21C. The van der Waals surface area contributed by atoms with E-state index < -0.39 is 76.3 Å². The summed E-state index contributed by atoms with van der Waals surface area (Å²) in [5, 5.41) is 11.4. The number of aliphatic hydroxyl groups is 1. The van der Waals surface area contributed by atoms with Gasteiger partial charge in [-0.2, -0.15) is 0 Å². The minimum Gasteiger partial charge on any atom is -0.458 e. The fourth-order valence-corrected chi connectivity index (χ4v) is 7.61. The Hall–Kier alpha value is -2.42. The van der Waals surface area contributed by atoms with Gasteiger partial charge in [0.2, 0.25) is 5.78 Å². The highest BCUT2D eigenvalue weighted by molar-refractivity contribution is 6.01. The molecule has 0 aromatic carbocycles. The Bertz CT molecular complexity index is 1050. The third-order valence-corrected chi connectivity index (χ3v) is 9.35. The Balaban J connectivity index is 1.80. The average Bonchev–Trinajstić information content (AvgIpc) is 3.08. The highest BCUT2D eigenvalue weighted by Gasteiger charge is 2.76. The molecule has 0 bridgehead atoms. The smallest absolute Gasteiger partial charge is 0.306 e. The van der Waals surface area contributed by atoms with Crippen LogP contribution in [0.2, 0.25) is 0 Å². The molecule has 3 saturated carbocycles. The molecule has 36 heavy (non-hydrogen) atoms. The van der Waals surface area contributed by atoms with Gasteiger partial charge in [-0.3, -0.25) is 19.2 Å². The van der Waals surface area contributed by atoms with Gasteiger partial charge in [0.05, 0.1) is 6.10 Å². The van der Waals surface area contributed by atoms with E-state index in [2.05, 4.69) is 0 Å². The fraction of sp³-hybridized carbons (Fsp3) is 0.704. The number of alkyl halides is 2. The van der Waals surface area contributed by atoms with Crippen molar-refractivity contribution < 1.29 is 42.5 Å². The molecule has 1 N–H and O–H groups in total. The van der Waals surface area contributed by atoms with Crippen LogP contribution in [-0.4, -0.2) is 58.8 Å². The van der Waals surface area contributed by atoms with Crippen molar-refractivity contribution in [1.82, 2.24) is 0 Å². The van der Waals surface area contributed by atoms with Crippen LogP contribution in [0.25, 0.3) is 0 Å². The Morgan fingerprint density at radius 2 is 1.92 bits per heavy atom. The minimum atomic E-state index is -2.30. The molecule has 0 aliphatic heterocycles. The zero-order chi connectivity index (χ0) is 26.7. The van der Waals surface area contributed by atoms with E-state index in [4.69, 9.17) is 9.47 Å². The first kappa shape index (κ1) is 26.6. The van der Waals surface area contributed by atoms with E-state index in [9.17, 15) is 24.3 Å². The summed E-state index contributed by atoms with van der Waals surface area (Å²) in [6.07, 6.45) is 0.783. The van der Waals surface area contributed by atoms with Crippen LogP contribution in [0.4, 0.5) is 8.78 Å². The molecule has 0 saturated heterocycles. The second-order valence-electron chi connectivity index (χ2n) is 11.2. The number of carbonyl (C=O) groups excluding carboxylic acids is 4. The molecule has 7 nitrogen and oxygen atoms in total. The topological polar surface area (TPSA) is 107 Å². The van der Waals surface area contributed by atoms with E-state index in [0.29, 0.717) is 6.42 Å². The lowest BCUT2D eigenvalue weighted by Crippen LogP contribution is -2.70. The maximum atomic E-state index is 17.2. The molecule has 9 heteroatoms. The van der Waals surface area contributed by atoms with Crippen molar-refractivity contribution in [2.24, 2.45) is 22.7 Å². The van der Waals surface area contributed by atoms with Gasteiger partial charge < -0.3 is 14.6 Å². The number of halogens is 2. The van der Waals surface area contributed by atoms with Crippen LogP contribution in [0.1, 0.15) is 66.2 Å². The number of Topliss-reactive ketones (excluding diaryl/α,β-unsaturated/α-hetero) is 1. The second kappa shape index (κ2) is 8.85. The van der Waals surface area contributed by atoms with Gasteiger partial charge in [-0.25, -0.2) is 8.78 Å². The van der Waals surface area contributed by atoms with Crippen molar-refractivity contribution in [2.75, 3.05) is 6.61 Å². The number of allylic oxidation sites excluding steroid dienone is 4. The van der Waals surface area contributed by atoms with Gasteiger partial charge in [0.15, 0.2) is 23.7 Å². The number of hydrogen-bond donors (Lipinski definition) is 1. The number of esters is 2. The molecule has 2 unspecified atom stereocenters. The first-order valence-corrected chi connectivity index (χ1v) is 12.6. The van der Waals surface area contributed by atoms with Crippen LogP contribution >= 0.6 is 0 Å². The van der Waals surface area contributed by atoms with Crippen LogP contribution in [0, 0.1) is 22.7 Å². The Labute approximate surface area is 209 Å². The first-order chi connectivity index (χ1) is 16.8. The van der Waals surface area contributed by atoms with Crippen molar-refractivity contribution in [3.8, 4) is 0 Å². The highest BCUT2D eigenvalue weighted by atomic mass is 19.1. The van der Waals surface area contributed by atoms with Crippen LogP contribution in [0.3, 0.4) is 0 Å². The molecule has 4 rings (SSSR count). The summed E-state index contributed by atoms with van der Waals surface area (Å²) in [5.74, 6) is -3.96. The van der Waals surface area contributed by atoms with Crippen molar-refractivity contribution >= 4 is 23.5 Å². The van der Waals surface area contributed by atoms with E-state index in [1.54, 1.807) is 13.8 Å². The van der Waals surface area contributed by atoms with Gasteiger partial charge in [0, 0.05) is 30.1 Å². The molecule has 0 aromatic rings. The zero-order valence-electron chi connectivity index (χ0n) is 21.1. The van der Waals surface area contributed by atoms with Gasteiger partial charge in [-0.1, -0.05) is 19.9 Å². The first-order valence-electron chi connectivity index (χ1n) is 12.6. The second-order valence-corrected chi connectivity index (χ2v) is 11.2. The number of rotatable bonds is 6. The summed E-state index contributed by atoms with van der Waals surface area (Å²) in [6.45, 7) is 5.50. The molecular weight excluding hydrogens is 474 g/mol. The summed E-state index contributed by atoms with van der Waals surface area (Å²) < 4.78 is 43.6. The van der Waals surface area contributed by atoms with Crippen LogP contribution < -0.4 is 0 Å². The number of fused-ring (bicyclic) bond motifs is 5. The molecule has 3 fully saturated rings. The van der Waals surface area contributed by atoms with Gasteiger partial charge >= 0.3 is 11.9 Å². The summed E-state index contributed by atoms with van der Waals surface area (Å²) in [6, 6.07) is 0. The molecule has 0 spiro atoms. The number of ether oxygens (including phenoxy) is 2. The van der Waals surface area contributed by atoms with Crippen LogP contribution in [0.15, 0.2) is 23.8 Å². The molecule has 0 aromatic heterocycles. The fourth-order valence-electron chi connectivity index (χ4n) is 7.61. The molecule has 4 aliphatic rings. The average molecular weight is 509 g/mol. The Morgan fingerprint density at radius 3 is 2.56 bits per heavy atom. The largest absolute Gasteiger partial charge is 0.458 e. The standard InChI is InChI=1S/C27H34F2O7/c1-5-6-23(34)36-26(22(33)14-35-15(2)30)10-8-17-18-12-20(28)19-11-16(31)7-9-24(19,3)27(18,29)21(32)13-25(17,26)4/h7,9,11,17-18,20-21,32H,5-6,8,10,12-14H2,1-4H3/t17-,18-,20?,21?,24-,25-,26-,27-/m0/s1. The molecule has 0 heterocycles. The lowest BCUT2D eigenvalue weighted by molar-refractivity contribution is -0.229. The van der Waals surface area contributed by atoms with E-state index in [0.717, 1.165) is 13.0 Å². The number of carbonyl (C=O) groups is 4. The van der Waals surface area contributed by atoms with Crippen molar-refractivity contribution in [3.63, 3.8) is 0 Å². The summed E-state index contributed by atoms with van der Waals surface area (Å²) in [4.78, 5) is 49.6. The number of aliphatic hydroxyl groups excluding tert-OH is 1. The van der Waals surface area contributed by atoms with Crippen LogP contribution in [0.5, 0.6) is 0 Å². The molecular formula is C27H34F2O7. The quantitative estimate of drug-likeness (QED) is 0.547. The maximum absolute atomic E-state index is 17.2. The predicted molar refractivity (Wildman–Crippen MR) is 124 cm³/mol. The summed E-state index contributed by atoms with van der Waals surface area (Å²) in [7, 11) is 0. The number of hydrogen-bond acceptors (Lipinski definition) is 7. The van der Waals surface area contributed by atoms with E-state index in [1.165, 1.54) is 19.1 Å². The monoisotopic (exact) mass is 508 g/mol. The van der Waals surface area contributed by atoms with Gasteiger partial charge in [-0.15, -0.1) is 0 Å². The minimum absolute atomic E-state index is 0.0148. The lowest BCUT2D eigenvalue weighted by Gasteiger charge is -2.63. The third kappa shape index (κ3) is 3.52. The van der Waals surface area contributed by atoms with Gasteiger partial charge in [-0.05, 0) is 62.7 Å². The van der Waals surface area contributed by atoms with Gasteiger partial charge in [0.25, 0.3) is 0 Å². The molecule has 198 valence electrons. The Kier molecular flexibility index (Phi) is 6.55. The summed E-state index contributed by atoms with van der Waals surface area (Å²) >= 11 is 0. The summed E-state index contributed by atoms with van der Waals surface area (Å²) in [5.41, 5.74) is -6.80. The zero-order valence-corrected chi connectivity index (χ0v) is 21.1. The third-order valence-electron chi connectivity index (χ3n) is 9.35. The van der Waals surface area contributed by atoms with E-state index in [-0.39, 0.29) is 37.7 Å².